The third kappa shape index (κ3) is 2.04. The van der Waals surface area contributed by atoms with Crippen molar-refractivity contribution in [3.8, 4) is 0 Å². The fourth-order valence-electron chi connectivity index (χ4n) is 1.81. The molecule has 0 spiro atoms. The molecule has 0 aromatic carbocycles. The van der Waals surface area contributed by atoms with Crippen molar-refractivity contribution in [2.24, 2.45) is 0 Å². The summed E-state index contributed by atoms with van der Waals surface area (Å²) in [6.45, 7) is 3.47. The van der Waals surface area contributed by atoms with Crippen LogP contribution in [0.4, 0.5) is 0 Å². The first kappa shape index (κ1) is 10.2. The van der Waals surface area contributed by atoms with E-state index in [1.54, 1.807) is 11.2 Å². The van der Waals surface area contributed by atoms with Gasteiger partial charge in [0.2, 0.25) is 5.91 Å². The maximum Gasteiger partial charge on any atom is 0.239 e. The standard InChI is InChI=1S/C11H16N2O2/c1-8-4-6-15-10(8)7-12-9-3-5-13(2)11(9)14/h4,6,9,12H,3,5,7H2,1-2H3. The molecule has 1 aliphatic rings. The van der Waals surface area contributed by atoms with Crippen molar-refractivity contribution < 1.29 is 9.21 Å². The van der Waals surface area contributed by atoms with Crippen LogP contribution < -0.4 is 5.32 Å². The summed E-state index contributed by atoms with van der Waals surface area (Å²) >= 11 is 0. The van der Waals surface area contributed by atoms with Crippen LogP contribution in [0, 0.1) is 6.92 Å². The zero-order chi connectivity index (χ0) is 10.8. The molecule has 1 N–H and O–H groups in total. The van der Waals surface area contributed by atoms with Gasteiger partial charge in [-0.2, -0.15) is 0 Å². The molecule has 15 heavy (non-hydrogen) atoms. The summed E-state index contributed by atoms with van der Waals surface area (Å²) in [6.07, 6.45) is 2.56. The van der Waals surface area contributed by atoms with Crippen LogP contribution in [0.1, 0.15) is 17.7 Å². The maximum atomic E-state index is 11.6. The molecule has 0 aliphatic carbocycles. The highest BCUT2D eigenvalue weighted by molar-refractivity contribution is 5.83. The average molecular weight is 208 g/mol. The Bertz CT molecular complexity index is 359. The third-order valence-corrected chi connectivity index (χ3v) is 2.90. The van der Waals surface area contributed by atoms with Crippen LogP contribution in [0.5, 0.6) is 0 Å². The Balaban J connectivity index is 1.89. The fourth-order valence-corrected chi connectivity index (χ4v) is 1.81. The van der Waals surface area contributed by atoms with Gasteiger partial charge in [0.05, 0.1) is 18.8 Å². The summed E-state index contributed by atoms with van der Waals surface area (Å²) in [6, 6.07) is 1.89. The van der Waals surface area contributed by atoms with E-state index in [4.69, 9.17) is 4.42 Å². The minimum absolute atomic E-state index is 0.0421. The van der Waals surface area contributed by atoms with Crippen molar-refractivity contribution in [1.82, 2.24) is 10.2 Å². The van der Waals surface area contributed by atoms with Crippen molar-refractivity contribution in [2.45, 2.75) is 25.9 Å². The minimum atomic E-state index is -0.0421. The average Bonchev–Trinajstić information content (AvgIpc) is 2.74. The highest BCUT2D eigenvalue weighted by atomic mass is 16.3. The molecular formula is C11H16N2O2. The van der Waals surface area contributed by atoms with Crippen LogP contribution in [0.2, 0.25) is 0 Å². The number of aryl methyl sites for hydroxylation is 1. The molecule has 2 heterocycles. The monoisotopic (exact) mass is 208 g/mol. The first-order valence-corrected chi connectivity index (χ1v) is 5.20. The maximum absolute atomic E-state index is 11.6. The molecule has 4 nitrogen and oxygen atoms in total. The quantitative estimate of drug-likeness (QED) is 0.803. The predicted octanol–water partition coefficient (Wildman–Crippen LogP) is 0.908. The van der Waals surface area contributed by atoms with Gasteiger partial charge < -0.3 is 9.32 Å². The molecule has 0 radical (unpaired) electrons. The molecule has 1 aromatic rings. The van der Waals surface area contributed by atoms with E-state index < -0.39 is 0 Å². The lowest BCUT2D eigenvalue weighted by Crippen LogP contribution is -2.36. The van der Waals surface area contributed by atoms with E-state index in [-0.39, 0.29) is 11.9 Å². The number of rotatable bonds is 3. The van der Waals surface area contributed by atoms with Gasteiger partial charge in [0, 0.05) is 13.6 Å². The lowest BCUT2D eigenvalue weighted by atomic mass is 10.2. The number of carbonyl (C=O) groups is 1. The van der Waals surface area contributed by atoms with E-state index in [1.807, 2.05) is 20.0 Å². The van der Waals surface area contributed by atoms with Crippen LogP contribution in [-0.4, -0.2) is 30.4 Å². The van der Waals surface area contributed by atoms with Gasteiger partial charge in [-0.3, -0.25) is 10.1 Å². The lowest BCUT2D eigenvalue weighted by molar-refractivity contribution is -0.128. The van der Waals surface area contributed by atoms with Crippen molar-refractivity contribution >= 4 is 5.91 Å². The van der Waals surface area contributed by atoms with Crippen molar-refractivity contribution in [1.29, 1.82) is 0 Å². The third-order valence-electron chi connectivity index (χ3n) is 2.90. The van der Waals surface area contributed by atoms with Gasteiger partial charge in [0.15, 0.2) is 0 Å². The first-order valence-electron chi connectivity index (χ1n) is 5.20. The highest BCUT2D eigenvalue weighted by Crippen LogP contribution is 2.12. The number of furan rings is 1. The van der Waals surface area contributed by atoms with Crippen molar-refractivity contribution in [2.75, 3.05) is 13.6 Å². The van der Waals surface area contributed by atoms with Crippen LogP contribution in [0.25, 0.3) is 0 Å². The number of hydrogen-bond acceptors (Lipinski definition) is 3. The topological polar surface area (TPSA) is 45.5 Å². The SMILES string of the molecule is Cc1ccoc1CNC1CCN(C)C1=O. The largest absolute Gasteiger partial charge is 0.468 e. The molecule has 1 aliphatic heterocycles. The molecule has 1 unspecified atom stereocenters. The summed E-state index contributed by atoms with van der Waals surface area (Å²) in [4.78, 5) is 13.3. The Hall–Kier alpha value is -1.29. The molecule has 1 amide bonds. The highest BCUT2D eigenvalue weighted by Gasteiger charge is 2.28. The first-order chi connectivity index (χ1) is 7.18. The summed E-state index contributed by atoms with van der Waals surface area (Å²) in [5, 5.41) is 3.22. The Labute approximate surface area is 89.2 Å². The normalized spacial score (nSPS) is 21.3. The molecule has 0 saturated carbocycles. The Morgan fingerprint density at radius 1 is 1.67 bits per heavy atom. The Morgan fingerprint density at radius 2 is 2.47 bits per heavy atom. The molecule has 1 atom stereocenters. The van der Waals surface area contributed by atoms with Gasteiger partial charge in [-0.05, 0) is 25.0 Å². The van der Waals surface area contributed by atoms with Crippen LogP contribution >= 0.6 is 0 Å². The number of likely N-dealkylation sites (tertiary alicyclic amines) is 1. The number of carbonyl (C=O) groups excluding carboxylic acids is 1. The summed E-state index contributed by atoms with van der Waals surface area (Å²) in [7, 11) is 1.84. The molecule has 1 aromatic heterocycles. The molecule has 4 heteroatoms. The molecule has 2 rings (SSSR count). The fraction of sp³-hybridized carbons (Fsp3) is 0.545. The van der Waals surface area contributed by atoms with Crippen molar-refractivity contribution in [3.05, 3.63) is 23.7 Å². The Kier molecular flexibility index (Phi) is 2.77. The van der Waals surface area contributed by atoms with Crippen molar-refractivity contribution in [3.63, 3.8) is 0 Å². The summed E-state index contributed by atoms with van der Waals surface area (Å²) in [5.41, 5.74) is 1.13. The van der Waals surface area contributed by atoms with Crippen LogP contribution in [-0.2, 0) is 11.3 Å². The zero-order valence-corrected chi connectivity index (χ0v) is 9.12. The second-order valence-corrected chi connectivity index (χ2v) is 4.01. The van der Waals surface area contributed by atoms with Crippen LogP contribution in [0.15, 0.2) is 16.7 Å². The van der Waals surface area contributed by atoms with Crippen LogP contribution in [0.3, 0.4) is 0 Å². The lowest BCUT2D eigenvalue weighted by Gasteiger charge is -2.11. The summed E-state index contributed by atoms with van der Waals surface area (Å²) in [5.74, 6) is 1.09. The van der Waals surface area contributed by atoms with Gasteiger partial charge in [-0.25, -0.2) is 0 Å². The zero-order valence-electron chi connectivity index (χ0n) is 9.12. The molecule has 82 valence electrons. The van der Waals surface area contributed by atoms with E-state index in [0.717, 1.165) is 24.3 Å². The van der Waals surface area contributed by atoms with E-state index in [9.17, 15) is 4.79 Å². The smallest absolute Gasteiger partial charge is 0.239 e. The predicted molar refractivity (Wildman–Crippen MR) is 56.3 cm³/mol. The number of hydrogen-bond donors (Lipinski definition) is 1. The number of likely N-dealkylation sites (N-methyl/N-ethyl adjacent to an activating group) is 1. The second kappa shape index (κ2) is 4.06. The molecule has 1 fully saturated rings. The number of nitrogens with one attached hydrogen (secondary N) is 1. The van der Waals surface area contributed by atoms with E-state index in [2.05, 4.69) is 5.32 Å². The van der Waals surface area contributed by atoms with Gasteiger partial charge >= 0.3 is 0 Å². The molecular weight excluding hydrogens is 192 g/mol. The van der Waals surface area contributed by atoms with Gasteiger partial charge in [-0.1, -0.05) is 0 Å². The second-order valence-electron chi connectivity index (χ2n) is 4.01. The molecule has 1 saturated heterocycles. The van der Waals surface area contributed by atoms with Gasteiger partial charge in [-0.15, -0.1) is 0 Å². The van der Waals surface area contributed by atoms with E-state index in [1.165, 1.54) is 0 Å². The number of nitrogens with zero attached hydrogens (tertiary/aromatic N) is 1. The Morgan fingerprint density at radius 3 is 3.00 bits per heavy atom. The van der Waals surface area contributed by atoms with E-state index in [0.29, 0.717) is 6.54 Å². The minimum Gasteiger partial charge on any atom is -0.468 e. The van der Waals surface area contributed by atoms with Gasteiger partial charge in [0.1, 0.15) is 5.76 Å². The summed E-state index contributed by atoms with van der Waals surface area (Å²) < 4.78 is 5.30. The van der Waals surface area contributed by atoms with E-state index >= 15 is 0 Å². The number of amides is 1. The molecule has 0 bridgehead atoms. The van der Waals surface area contributed by atoms with Gasteiger partial charge in [0.25, 0.3) is 0 Å².